The molecule has 0 aliphatic carbocycles. The van der Waals surface area contributed by atoms with Crippen molar-refractivity contribution in [1.29, 1.82) is 5.26 Å². The molecule has 4 nitrogen and oxygen atoms in total. The van der Waals surface area contributed by atoms with Crippen molar-refractivity contribution in [2.45, 2.75) is 26.3 Å². The SMILES string of the molecule is CCC(=C(c1ccc(OC)cc1)c1ccc(OC)cc1)c1cn(CCC#N)c2ccccc12. The van der Waals surface area contributed by atoms with Crippen LogP contribution in [0.1, 0.15) is 36.5 Å². The fraction of sp³-hybridized carbons (Fsp3) is 0.207. The van der Waals surface area contributed by atoms with Gasteiger partial charge in [0.1, 0.15) is 11.5 Å². The van der Waals surface area contributed by atoms with Crippen molar-refractivity contribution in [2.75, 3.05) is 14.2 Å². The minimum absolute atomic E-state index is 0.479. The average molecular weight is 437 g/mol. The molecule has 0 saturated carbocycles. The van der Waals surface area contributed by atoms with E-state index in [1.807, 2.05) is 24.3 Å². The van der Waals surface area contributed by atoms with Gasteiger partial charge in [0, 0.05) is 29.2 Å². The third kappa shape index (κ3) is 4.49. The summed E-state index contributed by atoms with van der Waals surface area (Å²) >= 11 is 0. The lowest BCUT2D eigenvalue weighted by Crippen LogP contribution is -1.96. The number of para-hydroxylation sites is 1. The summed E-state index contributed by atoms with van der Waals surface area (Å²) in [7, 11) is 3.37. The first kappa shape index (κ1) is 22.2. The van der Waals surface area contributed by atoms with Crippen molar-refractivity contribution in [3.8, 4) is 17.6 Å². The highest BCUT2D eigenvalue weighted by molar-refractivity contribution is 6.05. The largest absolute Gasteiger partial charge is 0.497 e. The minimum atomic E-state index is 0.479. The molecule has 4 rings (SSSR count). The monoisotopic (exact) mass is 436 g/mol. The smallest absolute Gasteiger partial charge is 0.118 e. The van der Waals surface area contributed by atoms with Crippen molar-refractivity contribution in [1.82, 2.24) is 4.57 Å². The Balaban J connectivity index is 1.99. The number of rotatable bonds is 8. The Morgan fingerprint density at radius 3 is 1.94 bits per heavy atom. The molecule has 0 fully saturated rings. The van der Waals surface area contributed by atoms with E-state index >= 15 is 0 Å². The first-order chi connectivity index (χ1) is 16.2. The molecule has 0 aliphatic heterocycles. The third-order valence-electron chi connectivity index (χ3n) is 5.99. The molecule has 0 radical (unpaired) electrons. The molecule has 0 unspecified atom stereocenters. The van der Waals surface area contributed by atoms with Crippen LogP contribution in [0.25, 0.3) is 22.0 Å². The molecule has 0 amide bonds. The number of aromatic nitrogens is 1. The van der Waals surface area contributed by atoms with E-state index in [9.17, 15) is 0 Å². The topological polar surface area (TPSA) is 47.2 Å². The second-order valence-electron chi connectivity index (χ2n) is 7.83. The van der Waals surface area contributed by atoms with Gasteiger partial charge in [-0.2, -0.15) is 5.26 Å². The van der Waals surface area contributed by atoms with Gasteiger partial charge in [-0.3, -0.25) is 0 Å². The molecule has 0 atom stereocenters. The molecule has 1 aromatic heterocycles. The Bertz CT molecular complexity index is 1260. The van der Waals surface area contributed by atoms with E-state index in [2.05, 4.69) is 72.3 Å². The first-order valence-corrected chi connectivity index (χ1v) is 11.2. The van der Waals surface area contributed by atoms with Gasteiger partial charge in [-0.25, -0.2) is 0 Å². The summed E-state index contributed by atoms with van der Waals surface area (Å²) in [5.41, 5.74) is 7.06. The number of aryl methyl sites for hydroxylation is 1. The highest BCUT2D eigenvalue weighted by Gasteiger charge is 2.18. The minimum Gasteiger partial charge on any atom is -0.497 e. The van der Waals surface area contributed by atoms with Gasteiger partial charge in [0.05, 0.1) is 26.7 Å². The predicted molar refractivity (Wildman–Crippen MR) is 134 cm³/mol. The first-order valence-electron chi connectivity index (χ1n) is 11.2. The molecule has 4 aromatic rings. The van der Waals surface area contributed by atoms with E-state index in [0.717, 1.165) is 34.6 Å². The lowest BCUT2D eigenvalue weighted by atomic mass is 9.88. The standard InChI is InChI=1S/C29H28N2O2/c1-4-25(27-20-31(19-7-18-30)28-9-6-5-8-26(27)28)29(21-10-14-23(32-2)15-11-21)22-12-16-24(33-3)17-13-22/h5-6,8-17,20H,4,7,19H2,1-3H3. The van der Waals surface area contributed by atoms with Gasteiger partial charge in [0.2, 0.25) is 0 Å². The van der Waals surface area contributed by atoms with E-state index < -0.39 is 0 Å². The van der Waals surface area contributed by atoms with Crippen LogP contribution in [0, 0.1) is 11.3 Å². The van der Waals surface area contributed by atoms with Crippen LogP contribution < -0.4 is 9.47 Å². The number of hydrogen-bond acceptors (Lipinski definition) is 3. The lowest BCUT2D eigenvalue weighted by Gasteiger charge is -2.16. The zero-order valence-corrected chi connectivity index (χ0v) is 19.3. The molecule has 166 valence electrons. The average Bonchev–Trinajstić information content (AvgIpc) is 3.24. The zero-order valence-electron chi connectivity index (χ0n) is 19.3. The van der Waals surface area contributed by atoms with E-state index in [4.69, 9.17) is 14.7 Å². The summed E-state index contributed by atoms with van der Waals surface area (Å²) in [5, 5.41) is 10.3. The van der Waals surface area contributed by atoms with E-state index in [1.54, 1.807) is 14.2 Å². The summed E-state index contributed by atoms with van der Waals surface area (Å²) < 4.78 is 13.0. The number of hydrogen-bond donors (Lipinski definition) is 0. The summed E-state index contributed by atoms with van der Waals surface area (Å²) in [4.78, 5) is 0. The van der Waals surface area contributed by atoms with Crippen LogP contribution in [-0.2, 0) is 6.54 Å². The van der Waals surface area contributed by atoms with Gasteiger partial charge in [0.15, 0.2) is 0 Å². The molecule has 0 bridgehead atoms. The molecule has 1 heterocycles. The molecule has 0 N–H and O–H groups in total. The van der Waals surface area contributed by atoms with Crippen molar-refractivity contribution < 1.29 is 9.47 Å². The maximum atomic E-state index is 9.14. The fourth-order valence-electron chi connectivity index (χ4n) is 4.38. The highest BCUT2D eigenvalue weighted by Crippen LogP contribution is 2.39. The molecule has 3 aromatic carbocycles. The van der Waals surface area contributed by atoms with Crippen molar-refractivity contribution >= 4 is 22.0 Å². The summed E-state index contributed by atoms with van der Waals surface area (Å²) in [5.74, 6) is 1.66. The highest BCUT2D eigenvalue weighted by atomic mass is 16.5. The number of fused-ring (bicyclic) bond motifs is 1. The second-order valence-corrected chi connectivity index (χ2v) is 7.83. The van der Waals surface area contributed by atoms with Crippen LogP contribution in [0.15, 0.2) is 79.0 Å². The molecule has 0 spiro atoms. The normalized spacial score (nSPS) is 10.6. The molecule has 4 heteroatoms. The molecule has 33 heavy (non-hydrogen) atoms. The Morgan fingerprint density at radius 1 is 0.848 bits per heavy atom. The molecular formula is C29H28N2O2. The Hall–Kier alpha value is -3.97. The van der Waals surface area contributed by atoms with Crippen LogP contribution >= 0.6 is 0 Å². The number of benzene rings is 3. The second kappa shape index (κ2) is 10.1. The number of nitriles is 1. The summed E-state index contributed by atoms with van der Waals surface area (Å²) in [6.07, 6.45) is 3.54. The number of methoxy groups -OCH3 is 2. The Morgan fingerprint density at radius 2 is 1.42 bits per heavy atom. The van der Waals surface area contributed by atoms with E-state index in [1.165, 1.54) is 22.1 Å². The van der Waals surface area contributed by atoms with Crippen LogP contribution in [0.5, 0.6) is 11.5 Å². The predicted octanol–water partition coefficient (Wildman–Crippen LogP) is 6.94. The van der Waals surface area contributed by atoms with E-state index in [0.29, 0.717) is 13.0 Å². The third-order valence-corrected chi connectivity index (χ3v) is 5.99. The van der Waals surface area contributed by atoms with Crippen molar-refractivity contribution in [2.24, 2.45) is 0 Å². The van der Waals surface area contributed by atoms with Gasteiger partial charge in [-0.1, -0.05) is 49.4 Å². The number of nitrogens with zero attached hydrogens (tertiary/aromatic N) is 2. The van der Waals surface area contributed by atoms with Crippen LogP contribution in [0.2, 0.25) is 0 Å². The van der Waals surface area contributed by atoms with Gasteiger partial charge < -0.3 is 14.0 Å². The Kier molecular flexibility index (Phi) is 6.80. The molecular weight excluding hydrogens is 408 g/mol. The summed E-state index contributed by atoms with van der Waals surface area (Å²) in [6, 6.07) is 27.2. The number of ether oxygens (including phenoxy) is 2. The van der Waals surface area contributed by atoms with Crippen LogP contribution in [0.4, 0.5) is 0 Å². The Labute approximate surface area is 195 Å². The van der Waals surface area contributed by atoms with Crippen molar-refractivity contribution in [3.63, 3.8) is 0 Å². The molecule has 0 saturated heterocycles. The van der Waals surface area contributed by atoms with Crippen LogP contribution in [-0.4, -0.2) is 18.8 Å². The zero-order chi connectivity index (χ0) is 23.2. The number of allylic oxidation sites excluding steroid dienone is 1. The van der Waals surface area contributed by atoms with Crippen LogP contribution in [0.3, 0.4) is 0 Å². The maximum Gasteiger partial charge on any atom is 0.118 e. The fourth-order valence-corrected chi connectivity index (χ4v) is 4.38. The maximum absolute atomic E-state index is 9.14. The van der Waals surface area contributed by atoms with Gasteiger partial charge in [-0.05, 0) is 59.0 Å². The quantitative estimate of drug-likeness (QED) is 0.300. The van der Waals surface area contributed by atoms with Gasteiger partial charge in [0.25, 0.3) is 0 Å². The van der Waals surface area contributed by atoms with Gasteiger partial charge in [-0.15, -0.1) is 0 Å². The van der Waals surface area contributed by atoms with Crippen molar-refractivity contribution in [3.05, 3.63) is 95.7 Å². The molecule has 0 aliphatic rings. The van der Waals surface area contributed by atoms with Gasteiger partial charge >= 0.3 is 0 Å². The summed E-state index contributed by atoms with van der Waals surface area (Å²) in [6.45, 7) is 2.87. The van der Waals surface area contributed by atoms with E-state index in [-0.39, 0.29) is 0 Å². The lowest BCUT2D eigenvalue weighted by molar-refractivity contribution is 0.414.